The van der Waals surface area contributed by atoms with Crippen molar-refractivity contribution in [1.82, 2.24) is 15.0 Å². The largest absolute Gasteiger partial charge is 0.326 e. The third-order valence-electron chi connectivity index (χ3n) is 4.67. The highest BCUT2D eigenvalue weighted by Crippen LogP contribution is 2.30. The highest BCUT2D eigenvalue weighted by Gasteiger charge is 2.15. The number of benzene rings is 2. The molecule has 0 aliphatic heterocycles. The van der Waals surface area contributed by atoms with E-state index in [9.17, 15) is 4.79 Å². The van der Waals surface area contributed by atoms with Crippen molar-refractivity contribution in [2.75, 3.05) is 5.32 Å². The van der Waals surface area contributed by atoms with Crippen LogP contribution in [0.2, 0.25) is 0 Å². The molecule has 156 valence electrons. The van der Waals surface area contributed by atoms with Crippen molar-refractivity contribution >= 4 is 34.7 Å². The Bertz CT molecular complexity index is 1200. The van der Waals surface area contributed by atoms with Gasteiger partial charge in [0.15, 0.2) is 5.16 Å². The molecule has 0 spiro atoms. The third-order valence-corrected chi connectivity index (χ3v) is 6.53. The summed E-state index contributed by atoms with van der Waals surface area (Å²) in [5.74, 6) is -0.0492. The van der Waals surface area contributed by atoms with Crippen molar-refractivity contribution < 1.29 is 4.79 Å². The molecule has 7 heteroatoms. The fourth-order valence-corrected chi connectivity index (χ4v) is 4.92. The van der Waals surface area contributed by atoms with Gasteiger partial charge in [-0.2, -0.15) is 0 Å². The Hall–Kier alpha value is -3.03. The van der Waals surface area contributed by atoms with Gasteiger partial charge in [-0.05, 0) is 62.4 Å². The lowest BCUT2D eigenvalue weighted by atomic mass is 10.1. The zero-order chi connectivity index (χ0) is 21.8. The number of carbonyl (C=O) groups excluding carboxylic acids is 1. The molecule has 4 aromatic rings. The van der Waals surface area contributed by atoms with Crippen LogP contribution in [-0.2, 0) is 11.2 Å². The Labute approximate surface area is 190 Å². The first-order valence-corrected chi connectivity index (χ1v) is 11.5. The number of thiazole rings is 1. The van der Waals surface area contributed by atoms with E-state index < -0.39 is 0 Å². The molecule has 31 heavy (non-hydrogen) atoms. The minimum atomic E-state index is -0.0492. The van der Waals surface area contributed by atoms with Crippen LogP contribution in [0.15, 0.2) is 71.0 Å². The van der Waals surface area contributed by atoms with E-state index in [1.807, 2.05) is 32.0 Å². The zero-order valence-electron chi connectivity index (χ0n) is 17.5. The molecule has 0 radical (unpaired) electrons. The number of carbonyl (C=O) groups is 1. The minimum Gasteiger partial charge on any atom is -0.326 e. The smallest absolute Gasteiger partial charge is 0.229 e. The second-order valence-corrected chi connectivity index (χ2v) is 9.53. The lowest BCUT2D eigenvalue weighted by Crippen LogP contribution is -2.15. The maximum Gasteiger partial charge on any atom is 0.229 e. The first-order chi connectivity index (χ1) is 15.0. The molecule has 0 saturated carbocycles. The summed E-state index contributed by atoms with van der Waals surface area (Å²) >= 11 is 3.06. The van der Waals surface area contributed by atoms with Gasteiger partial charge < -0.3 is 5.32 Å². The molecule has 0 aliphatic carbocycles. The number of rotatable bonds is 6. The molecule has 0 bridgehead atoms. The molecule has 0 saturated heterocycles. The SMILES string of the molecule is Cc1ccc(-c2nc(C)sc2CC(=O)Nc2ccc(Sc3ncccn3)cc2C)cc1. The third kappa shape index (κ3) is 5.37. The Morgan fingerprint density at radius 2 is 1.77 bits per heavy atom. The van der Waals surface area contributed by atoms with E-state index in [1.165, 1.54) is 17.3 Å². The number of amides is 1. The van der Waals surface area contributed by atoms with Crippen LogP contribution in [0.4, 0.5) is 5.69 Å². The Morgan fingerprint density at radius 1 is 1.03 bits per heavy atom. The number of hydrogen-bond donors (Lipinski definition) is 1. The zero-order valence-corrected chi connectivity index (χ0v) is 19.2. The standard InChI is InChI=1S/C24H22N4OS2/c1-15-5-7-18(8-6-15)23-21(30-17(3)27-23)14-22(29)28-20-10-9-19(13-16(20)2)31-24-25-11-4-12-26-24/h4-13H,14H2,1-3H3,(H,28,29). The molecule has 0 fully saturated rings. The number of hydrogen-bond acceptors (Lipinski definition) is 6. The lowest BCUT2D eigenvalue weighted by Gasteiger charge is -2.10. The molecular formula is C24H22N4OS2. The van der Waals surface area contributed by atoms with Crippen molar-refractivity contribution in [2.45, 2.75) is 37.2 Å². The van der Waals surface area contributed by atoms with Gasteiger partial charge in [0, 0.05) is 33.4 Å². The van der Waals surface area contributed by atoms with Crippen LogP contribution >= 0.6 is 23.1 Å². The van der Waals surface area contributed by atoms with Crippen molar-refractivity contribution in [1.29, 1.82) is 0 Å². The van der Waals surface area contributed by atoms with Crippen molar-refractivity contribution in [2.24, 2.45) is 0 Å². The van der Waals surface area contributed by atoms with E-state index in [1.54, 1.807) is 29.8 Å². The van der Waals surface area contributed by atoms with Crippen LogP contribution in [0.5, 0.6) is 0 Å². The first kappa shape index (κ1) is 21.2. The number of nitrogens with one attached hydrogen (secondary N) is 1. The predicted molar refractivity (Wildman–Crippen MR) is 127 cm³/mol. The molecule has 2 heterocycles. The highest BCUT2D eigenvalue weighted by molar-refractivity contribution is 7.99. The van der Waals surface area contributed by atoms with Crippen molar-refractivity contribution in [3.63, 3.8) is 0 Å². The normalized spacial score (nSPS) is 10.8. The van der Waals surface area contributed by atoms with Gasteiger partial charge in [0.1, 0.15) is 0 Å². The second-order valence-electron chi connectivity index (χ2n) is 7.21. The van der Waals surface area contributed by atoms with Crippen LogP contribution < -0.4 is 5.32 Å². The van der Waals surface area contributed by atoms with E-state index in [2.05, 4.69) is 51.5 Å². The van der Waals surface area contributed by atoms with E-state index in [0.717, 1.165) is 37.3 Å². The van der Waals surface area contributed by atoms with Gasteiger partial charge in [0.2, 0.25) is 5.91 Å². The Kier molecular flexibility index (Phi) is 6.44. The van der Waals surface area contributed by atoms with E-state index in [-0.39, 0.29) is 5.91 Å². The quantitative estimate of drug-likeness (QED) is 0.376. The monoisotopic (exact) mass is 446 g/mol. The van der Waals surface area contributed by atoms with Gasteiger partial charge in [-0.1, -0.05) is 29.8 Å². The van der Waals surface area contributed by atoms with E-state index in [4.69, 9.17) is 0 Å². The maximum absolute atomic E-state index is 12.8. The summed E-state index contributed by atoms with van der Waals surface area (Å²) in [5, 5.41) is 4.70. The summed E-state index contributed by atoms with van der Waals surface area (Å²) in [7, 11) is 0. The summed E-state index contributed by atoms with van der Waals surface area (Å²) < 4.78 is 0. The summed E-state index contributed by atoms with van der Waals surface area (Å²) in [6.07, 6.45) is 3.74. The minimum absolute atomic E-state index is 0.0492. The molecule has 0 aliphatic rings. The van der Waals surface area contributed by atoms with E-state index >= 15 is 0 Å². The van der Waals surface area contributed by atoms with Crippen molar-refractivity contribution in [3.8, 4) is 11.3 Å². The summed E-state index contributed by atoms with van der Waals surface area (Å²) in [6, 6.07) is 16.0. The lowest BCUT2D eigenvalue weighted by molar-refractivity contribution is -0.115. The molecule has 4 rings (SSSR count). The molecule has 2 aromatic carbocycles. The average Bonchev–Trinajstić information content (AvgIpc) is 3.11. The first-order valence-electron chi connectivity index (χ1n) is 9.86. The van der Waals surface area contributed by atoms with Crippen LogP contribution in [0, 0.1) is 20.8 Å². The summed E-state index contributed by atoms with van der Waals surface area (Å²) in [6.45, 7) is 6.02. The predicted octanol–water partition coefficient (Wildman–Crippen LogP) is 5.86. The van der Waals surface area contributed by atoms with Gasteiger partial charge in [0.05, 0.1) is 17.1 Å². The molecule has 0 unspecified atom stereocenters. The van der Waals surface area contributed by atoms with Crippen LogP contribution in [0.1, 0.15) is 21.0 Å². The molecule has 1 amide bonds. The molecule has 2 aromatic heterocycles. The van der Waals surface area contributed by atoms with Crippen LogP contribution in [-0.4, -0.2) is 20.9 Å². The number of nitrogens with zero attached hydrogens (tertiary/aromatic N) is 3. The Balaban J connectivity index is 1.46. The topological polar surface area (TPSA) is 67.8 Å². The number of anilines is 1. The fourth-order valence-electron chi connectivity index (χ4n) is 3.15. The fraction of sp³-hybridized carbons (Fsp3) is 0.167. The van der Waals surface area contributed by atoms with Gasteiger partial charge >= 0.3 is 0 Å². The van der Waals surface area contributed by atoms with Crippen LogP contribution in [0.3, 0.4) is 0 Å². The molecule has 1 N–H and O–H groups in total. The highest BCUT2D eigenvalue weighted by atomic mass is 32.2. The summed E-state index contributed by atoms with van der Waals surface area (Å²) in [5.41, 5.74) is 4.93. The summed E-state index contributed by atoms with van der Waals surface area (Å²) in [4.78, 5) is 27.9. The maximum atomic E-state index is 12.8. The molecular weight excluding hydrogens is 424 g/mol. The van der Waals surface area contributed by atoms with Gasteiger partial charge in [-0.3, -0.25) is 4.79 Å². The van der Waals surface area contributed by atoms with Gasteiger partial charge in [0.25, 0.3) is 0 Å². The Morgan fingerprint density at radius 3 is 2.48 bits per heavy atom. The van der Waals surface area contributed by atoms with Crippen molar-refractivity contribution in [3.05, 3.63) is 81.9 Å². The molecule has 5 nitrogen and oxygen atoms in total. The average molecular weight is 447 g/mol. The second kappa shape index (κ2) is 9.41. The van der Waals surface area contributed by atoms with Gasteiger partial charge in [-0.25, -0.2) is 15.0 Å². The number of aryl methyl sites for hydroxylation is 3. The number of aromatic nitrogens is 3. The van der Waals surface area contributed by atoms with Gasteiger partial charge in [-0.15, -0.1) is 11.3 Å². The van der Waals surface area contributed by atoms with E-state index in [0.29, 0.717) is 11.6 Å². The molecule has 0 atom stereocenters. The van der Waals surface area contributed by atoms with Crippen LogP contribution in [0.25, 0.3) is 11.3 Å².